The maximum Gasteiger partial charge on any atom is 0.257 e. The molecule has 0 fully saturated rings. The van der Waals surface area contributed by atoms with Gasteiger partial charge in [-0.3, -0.25) is 9.59 Å². The average Bonchev–Trinajstić information content (AvgIpc) is 2.44. The predicted octanol–water partition coefficient (Wildman–Crippen LogP) is 0.487. The Morgan fingerprint density at radius 1 is 1.42 bits per heavy atom. The molecule has 0 aliphatic heterocycles. The van der Waals surface area contributed by atoms with E-state index in [1.807, 2.05) is 6.92 Å². The zero-order valence-corrected chi connectivity index (χ0v) is 11.1. The zero-order chi connectivity index (χ0) is 14.3. The highest BCUT2D eigenvalue weighted by Crippen LogP contribution is 2.17. The lowest BCUT2D eigenvalue weighted by Gasteiger charge is -2.11. The minimum absolute atomic E-state index is 0.0671. The molecule has 6 heteroatoms. The van der Waals surface area contributed by atoms with Crippen molar-refractivity contribution in [2.24, 2.45) is 5.73 Å². The van der Waals surface area contributed by atoms with E-state index in [1.165, 1.54) is 7.05 Å². The summed E-state index contributed by atoms with van der Waals surface area (Å²) in [5.41, 5.74) is 6.21. The highest BCUT2D eigenvalue weighted by Gasteiger charge is 2.11. The fourth-order valence-electron chi connectivity index (χ4n) is 1.31. The molecule has 1 unspecified atom stereocenters. The number of likely N-dealkylation sites (N-methyl/N-ethyl adjacent to an activating group) is 1. The first-order chi connectivity index (χ1) is 9.06. The van der Waals surface area contributed by atoms with Crippen LogP contribution in [0, 0.1) is 0 Å². The number of ether oxygens (including phenoxy) is 1. The van der Waals surface area contributed by atoms with Gasteiger partial charge in [0.15, 0.2) is 6.61 Å². The van der Waals surface area contributed by atoms with Gasteiger partial charge in [0.25, 0.3) is 5.91 Å². The van der Waals surface area contributed by atoms with Crippen molar-refractivity contribution in [2.75, 3.05) is 19.0 Å². The van der Waals surface area contributed by atoms with Crippen molar-refractivity contribution in [2.45, 2.75) is 19.4 Å². The molecule has 1 aromatic rings. The number of hydrogen-bond acceptors (Lipinski definition) is 4. The lowest BCUT2D eigenvalue weighted by atomic mass is 10.2. The van der Waals surface area contributed by atoms with Crippen molar-refractivity contribution in [3.63, 3.8) is 0 Å². The van der Waals surface area contributed by atoms with Gasteiger partial charge < -0.3 is 21.1 Å². The van der Waals surface area contributed by atoms with Gasteiger partial charge in [0, 0.05) is 18.8 Å². The van der Waals surface area contributed by atoms with Gasteiger partial charge in [-0.2, -0.15) is 0 Å². The van der Waals surface area contributed by atoms with Crippen molar-refractivity contribution < 1.29 is 14.3 Å². The summed E-state index contributed by atoms with van der Waals surface area (Å²) >= 11 is 0. The lowest BCUT2D eigenvalue weighted by molar-refractivity contribution is -0.122. The monoisotopic (exact) mass is 265 g/mol. The molecule has 6 nitrogen and oxygen atoms in total. The number of amides is 2. The van der Waals surface area contributed by atoms with E-state index in [0.717, 1.165) is 0 Å². The third-order valence-corrected chi connectivity index (χ3v) is 2.53. The summed E-state index contributed by atoms with van der Waals surface area (Å²) in [6.07, 6.45) is 0.568. The Kier molecular flexibility index (Phi) is 5.81. The van der Waals surface area contributed by atoms with Gasteiger partial charge in [0.2, 0.25) is 5.91 Å². The van der Waals surface area contributed by atoms with E-state index in [-0.39, 0.29) is 18.4 Å². The smallest absolute Gasteiger partial charge is 0.257 e. The second kappa shape index (κ2) is 7.38. The Bertz CT molecular complexity index is 449. The maximum absolute atomic E-state index is 11.6. The summed E-state index contributed by atoms with van der Waals surface area (Å²) in [7, 11) is 1.54. The van der Waals surface area contributed by atoms with Crippen molar-refractivity contribution in [3.8, 4) is 5.75 Å². The molecule has 0 aliphatic carbocycles. The van der Waals surface area contributed by atoms with Gasteiger partial charge in [0.1, 0.15) is 5.75 Å². The SMILES string of the molecule is CCC(N)C(=O)Nc1cccc(OCC(=O)NC)c1. The van der Waals surface area contributed by atoms with Crippen LogP contribution < -0.4 is 21.1 Å². The Morgan fingerprint density at radius 2 is 2.16 bits per heavy atom. The molecule has 2 amide bonds. The minimum Gasteiger partial charge on any atom is -0.484 e. The van der Waals surface area contributed by atoms with E-state index >= 15 is 0 Å². The van der Waals surface area contributed by atoms with E-state index in [0.29, 0.717) is 17.9 Å². The fraction of sp³-hybridized carbons (Fsp3) is 0.385. The van der Waals surface area contributed by atoms with Crippen molar-refractivity contribution in [1.82, 2.24) is 5.32 Å². The van der Waals surface area contributed by atoms with Gasteiger partial charge in [-0.15, -0.1) is 0 Å². The molecule has 104 valence electrons. The van der Waals surface area contributed by atoms with E-state index < -0.39 is 6.04 Å². The van der Waals surface area contributed by atoms with Crippen LogP contribution in [-0.4, -0.2) is 31.5 Å². The molecule has 0 aromatic heterocycles. The summed E-state index contributed by atoms with van der Waals surface area (Å²) in [4.78, 5) is 22.7. The van der Waals surface area contributed by atoms with Crippen LogP contribution in [0.5, 0.6) is 5.75 Å². The van der Waals surface area contributed by atoms with Gasteiger partial charge >= 0.3 is 0 Å². The van der Waals surface area contributed by atoms with Crippen LogP contribution in [-0.2, 0) is 9.59 Å². The summed E-state index contributed by atoms with van der Waals surface area (Å²) in [6.45, 7) is 1.77. The molecule has 0 saturated heterocycles. The Balaban J connectivity index is 2.61. The van der Waals surface area contributed by atoms with E-state index in [1.54, 1.807) is 24.3 Å². The highest BCUT2D eigenvalue weighted by atomic mass is 16.5. The molecule has 0 spiro atoms. The van der Waals surface area contributed by atoms with Crippen molar-refractivity contribution >= 4 is 17.5 Å². The molecule has 1 aromatic carbocycles. The second-order valence-electron chi connectivity index (χ2n) is 3.99. The third-order valence-electron chi connectivity index (χ3n) is 2.53. The first-order valence-electron chi connectivity index (χ1n) is 6.06. The number of rotatable bonds is 6. The molecule has 19 heavy (non-hydrogen) atoms. The zero-order valence-electron chi connectivity index (χ0n) is 11.1. The largest absolute Gasteiger partial charge is 0.484 e. The second-order valence-corrected chi connectivity index (χ2v) is 3.99. The van der Waals surface area contributed by atoms with Crippen LogP contribution in [0.2, 0.25) is 0 Å². The molecule has 4 N–H and O–H groups in total. The summed E-state index contributed by atoms with van der Waals surface area (Å²) in [6, 6.07) is 6.27. The van der Waals surface area contributed by atoms with E-state index in [4.69, 9.17) is 10.5 Å². The molecule has 0 heterocycles. The lowest BCUT2D eigenvalue weighted by Crippen LogP contribution is -2.34. The summed E-state index contributed by atoms with van der Waals surface area (Å²) < 4.78 is 5.27. The number of benzene rings is 1. The maximum atomic E-state index is 11.6. The molecular weight excluding hydrogens is 246 g/mol. The number of carbonyl (C=O) groups is 2. The summed E-state index contributed by atoms with van der Waals surface area (Å²) in [5.74, 6) is 0.0415. The number of carbonyl (C=O) groups excluding carboxylic acids is 2. The van der Waals surface area contributed by atoms with Crippen LogP contribution >= 0.6 is 0 Å². The molecule has 1 atom stereocenters. The Labute approximate surface area is 112 Å². The third kappa shape index (κ3) is 4.97. The molecule has 0 radical (unpaired) electrons. The number of nitrogens with one attached hydrogen (secondary N) is 2. The standard InChI is InChI=1S/C13H19N3O3/c1-3-11(14)13(18)16-9-5-4-6-10(7-9)19-8-12(17)15-2/h4-7,11H,3,8,14H2,1-2H3,(H,15,17)(H,16,18). The molecule has 0 bridgehead atoms. The van der Waals surface area contributed by atoms with E-state index in [9.17, 15) is 9.59 Å². The van der Waals surface area contributed by atoms with Crippen LogP contribution in [0.25, 0.3) is 0 Å². The van der Waals surface area contributed by atoms with Gasteiger partial charge in [0.05, 0.1) is 6.04 Å². The van der Waals surface area contributed by atoms with Crippen molar-refractivity contribution in [1.29, 1.82) is 0 Å². The summed E-state index contributed by atoms with van der Waals surface area (Å²) in [5, 5.41) is 5.14. The fourth-order valence-corrected chi connectivity index (χ4v) is 1.31. The van der Waals surface area contributed by atoms with Crippen molar-refractivity contribution in [3.05, 3.63) is 24.3 Å². The van der Waals surface area contributed by atoms with Crippen LogP contribution in [0.15, 0.2) is 24.3 Å². The number of nitrogens with two attached hydrogens (primary N) is 1. The predicted molar refractivity (Wildman–Crippen MR) is 72.9 cm³/mol. The first kappa shape index (κ1) is 15.0. The Hall–Kier alpha value is -2.08. The van der Waals surface area contributed by atoms with Gasteiger partial charge in [-0.1, -0.05) is 13.0 Å². The van der Waals surface area contributed by atoms with E-state index in [2.05, 4.69) is 10.6 Å². The number of hydrogen-bond donors (Lipinski definition) is 3. The van der Waals surface area contributed by atoms with Crippen LogP contribution in [0.3, 0.4) is 0 Å². The first-order valence-corrected chi connectivity index (χ1v) is 6.06. The number of anilines is 1. The highest BCUT2D eigenvalue weighted by molar-refractivity contribution is 5.94. The molecule has 0 saturated carbocycles. The molecule has 0 aliphatic rings. The van der Waals surface area contributed by atoms with Crippen LogP contribution in [0.4, 0.5) is 5.69 Å². The normalized spacial score (nSPS) is 11.5. The topological polar surface area (TPSA) is 93.5 Å². The molecule has 1 rings (SSSR count). The quantitative estimate of drug-likeness (QED) is 0.697. The van der Waals surface area contributed by atoms with Gasteiger partial charge in [-0.25, -0.2) is 0 Å². The van der Waals surface area contributed by atoms with Crippen LogP contribution in [0.1, 0.15) is 13.3 Å². The Morgan fingerprint density at radius 3 is 2.79 bits per heavy atom. The van der Waals surface area contributed by atoms with Gasteiger partial charge in [-0.05, 0) is 18.6 Å². The average molecular weight is 265 g/mol. The minimum atomic E-state index is -0.532. The molecular formula is C13H19N3O3.